The Morgan fingerprint density at radius 1 is 1.04 bits per heavy atom. The summed E-state index contributed by atoms with van der Waals surface area (Å²) in [5.41, 5.74) is 8.20. The van der Waals surface area contributed by atoms with Gasteiger partial charge < -0.3 is 5.32 Å². The lowest BCUT2D eigenvalue weighted by molar-refractivity contribution is 0.257. The van der Waals surface area contributed by atoms with E-state index < -0.39 is 0 Å². The zero-order chi connectivity index (χ0) is 18.6. The number of aryl methyl sites for hydroxylation is 2. The molecule has 0 unspecified atom stereocenters. The lowest BCUT2D eigenvalue weighted by Crippen LogP contribution is -2.23. The molecular weight excluding hydrogens is 354 g/mol. The van der Waals surface area contributed by atoms with E-state index in [1.807, 2.05) is 23.6 Å². The molecule has 0 radical (unpaired) electrons. The van der Waals surface area contributed by atoms with E-state index in [2.05, 4.69) is 22.2 Å². The Morgan fingerprint density at radius 3 is 2.33 bits per heavy atom. The van der Waals surface area contributed by atoms with Gasteiger partial charge in [0.25, 0.3) is 0 Å². The van der Waals surface area contributed by atoms with Crippen molar-refractivity contribution in [2.75, 3.05) is 5.32 Å². The minimum Gasteiger partial charge on any atom is -0.307 e. The topological polar surface area (TPSA) is 64.9 Å². The number of anilines is 1. The lowest BCUT2D eigenvalue weighted by Gasteiger charge is -2.16. The zero-order valence-corrected chi connectivity index (χ0v) is 15.9. The van der Waals surface area contributed by atoms with Crippen LogP contribution in [0.25, 0.3) is 6.08 Å². The molecule has 4 nitrogen and oxygen atoms in total. The van der Waals surface area contributed by atoms with Gasteiger partial charge in [0.05, 0.1) is 11.6 Å². The van der Waals surface area contributed by atoms with Crippen LogP contribution in [-0.2, 0) is 25.7 Å². The van der Waals surface area contributed by atoms with Crippen molar-refractivity contribution in [3.05, 3.63) is 69.1 Å². The summed E-state index contributed by atoms with van der Waals surface area (Å²) in [6.45, 7) is 0. The van der Waals surface area contributed by atoms with Gasteiger partial charge in [-0.05, 0) is 102 Å². The Hall–Kier alpha value is -2.71. The van der Waals surface area contributed by atoms with Crippen LogP contribution in [0.4, 0.5) is 10.5 Å². The number of rotatable bonds is 4. The van der Waals surface area contributed by atoms with Crippen LogP contribution in [0.3, 0.4) is 0 Å². The molecule has 0 heterocycles. The van der Waals surface area contributed by atoms with E-state index in [0.29, 0.717) is 5.56 Å². The summed E-state index contributed by atoms with van der Waals surface area (Å²) in [6, 6.07) is 11.6. The van der Waals surface area contributed by atoms with Crippen molar-refractivity contribution in [2.45, 2.75) is 38.5 Å². The van der Waals surface area contributed by atoms with Crippen LogP contribution in [0.1, 0.15) is 46.2 Å². The molecule has 2 aromatic rings. The van der Waals surface area contributed by atoms with Crippen LogP contribution in [0, 0.1) is 11.3 Å². The van der Waals surface area contributed by atoms with Crippen molar-refractivity contribution in [1.82, 2.24) is 4.72 Å². The van der Waals surface area contributed by atoms with Gasteiger partial charge in [-0.3, -0.25) is 4.72 Å². The van der Waals surface area contributed by atoms with Crippen LogP contribution < -0.4 is 10.0 Å². The average Bonchev–Trinajstić information content (AvgIpc) is 3.34. The van der Waals surface area contributed by atoms with Crippen molar-refractivity contribution in [3.63, 3.8) is 0 Å². The standard InChI is InChI=1S/C22H21N3OS/c23-14-16-9-7-15(8-10-16)11-12-27-25-22(26)24-21-19-5-1-3-17(19)13-18-4-2-6-20(18)21/h7-13H,1-6H2,(H2,24,25,26)/b12-11+. The van der Waals surface area contributed by atoms with Crippen molar-refractivity contribution < 1.29 is 4.79 Å². The molecule has 2 N–H and O–H groups in total. The molecule has 0 aromatic heterocycles. The third kappa shape index (κ3) is 3.86. The number of amides is 2. The van der Waals surface area contributed by atoms with E-state index in [9.17, 15) is 4.79 Å². The average molecular weight is 375 g/mol. The van der Waals surface area contributed by atoms with Crippen molar-refractivity contribution in [2.24, 2.45) is 0 Å². The Balaban J connectivity index is 1.38. The second-order valence-corrected chi connectivity index (χ2v) is 7.66. The number of hydrogen-bond donors (Lipinski definition) is 2. The van der Waals surface area contributed by atoms with Crippen LogP contribution in [-0.4, -0.2) is 6.03 Å². The highest BCUT2D eigenvalue weighted by molar-refractivity contribution is 8.00. The zero-order valence-electron chi connectivity index (χ0n) is 15.0. The molecule has 0 fully saturated rings. The Bertz CT molecular complexity index is 909. The first-order valence-corrected chi connectivity index (χ1v) is 10.2. The predicted molar refractivity (Wildman–Crippen MR) is 110 cm³/mol. The number of nitrogens with zero attached hydrogens (tertiary/aromatic N) is 1. The maximum absolute atomic E-state index is 12.4. The summed E-state index contributed by atoms with van der Waals surface area (Å²) in [7, 11) is 0. The number of nitrogens with one attached hydrogen (secondary N) is 2. The van der Waals surface area contributed by atoms with E-state index in [-0.39, 0.29) is 6.03 Å². The van der Waals surface area contributed by atoms with E-state index in [1.54, 1.807) is 12.1 Å². The van der Waals surface area contributed by atoms with Gasteiger partial charge in [0.1, 0.15) is 0 Å². The third-order valence-electron chi connectivity index (χ3n) is 5.23. The Kier molecular flexibility index (Phi) is 5.17. The summed E-state index contributed by atoms with van der Waals surface area (Å²) in [5, 5.41) is 13.8. The number of hydrogen-bond acceptors (Lipinski definition) is 3. The van der Waals surface area contributed by atoms with E-state index in [0.717, 1.165) is 36.9 Å². The van der Waals surface area contributed by atoms with E-state index >= 15 is 0 Å². The predicted octanol–water partition coefficient (Wildman–Crippen LogP) is 4.98. The molecule has 0 spiro atoms. The van der Waals surface area contributed by atoms with E-state index in [1.165, 1.54) is 47.0 Å². The highest BCUT2D eigenvalue weighted by atomic mass is 32.2. The second kappa shape index (κ2) is 7.89. The molecule has 0 bridgehead atoms. The second-order valence-electron chi connectivity index (χ2n) is 6.94. The van der Waals surface area contributed by atoms with Crippen molar-refractivity contribution in [3.8, 4) is 6.07 Å². The van der Waals surface area contributed by atoms with Gasteiger partial charge in [0.15, 0.2) is 0 Å². The van der Waals surface area contributed by atoms with Crippen LogP contribution >= 0.6 is 11.9 Å². The van der Waals surface area contributed by atoms with Gasteiger partial charge in [0, 0.05) is 5.69 Å². The number of nitriles is 1. The Morgan fingerprint density at radius 2 is 1.70 bits per heavy atom. The van der Waals surface area contributed by atoms with Crippen molar-refractivity contribution >= 4 is 29.7 Å². The molecule has 0 atom stereocenters. The molecule has 2 aliphatic carbocycles. The van der Waals surface area contributed by atoms with Gasteiger partial charge in [-0.15, -0.1) is 0 Å². The fourth-order valence-corrected chi connectivity index (χ4v) is 4.43. The summed E-state index contributed by atoms with van der Waals surface area (Å²) < 4.78 is 2.83. The number of fused-ring (bicyclic) bond motifs is 2. The molecule has 2 amide bonds. The van der Waals surface area contributed by atoms with E-state index in [4.69, 9.17) is 5.26 Å². The molecule has 5 heteroatoms. The SMILES string of the molecule is N#Cc1ccc(/C=C/SNC(=O)Nc2c3c(cc4c2CCC4)CCC3)cc1. The monoisotopic (exact) mass is 375 g/mol. The molecular formula is C22H21N3OS. The summed E-state index contributed by atoms with van der Waals surface area (Å²) in [5.74, 6) is 0. The molecule has 0 saturated heterocycles. The Labute approximate surface area is 163 Å². The molecule has 2 aromatic carbocycles. The minimum absolute atomic E-state index is 0.182. The van der Waals surface area contributed by atoms with Crippen LogP contribution in [0.5, 0.6) is 0 Å². The number of urea groups is 1. The number of carbonyl (C=O) groups is 1. The minimum atomic E-state index is -0.182. The molecule has 0 saturated carbocycles. The molecule has 0 aliphatic heterocycles. The van der Waals surface area contributed by atoms with Crippen molar-refractivity contribution in [1.29, 1.82) is 5.26 Å². The van der Waals surface area contributed by atoms with Gasteiger partial charge in [-0.2, -0.15) is 5.26 Å². The number of benzene rings is 2. The maximum Gasteiger partial charge on any atom is 0.329 e. The molecule has 136 valence electrons. The third-order valence-corrected chi connectivity index (χ3v) is 5.81. The van der Waals surface area contributed by atoms with Gasteiger partial charge in [-0.25, -0.2) is 4.79 Å². The first-order valence-electron chi connectivity index (χ1n) is 9.30. The lowest BCUT2D eigenvalue weighted by atomic mass is 9.99. The van der Waals surface area contributed by atoms with Gasteiger partial charge >= 0.3 is 6.03 Å². The first kappa shape index (κ1) is 17.7. The summed E-state index contributed by atoms with van der Waals surface area (Å²) in [6.07, 6.45) is 8.63. The fraction of sp³-hybridized carbons (Fsp3) is 0.273. The van der Waals surface area contributed by atoms with Crippen LogP contribution in [0.2, 0.25) is 0 Å². The highest BCUT2D eigenvalue weighted by Crippen LogP contribution is 2.38. The van der Waals surface area contributed by atoms with Gasteiger partial charge in [0.2, 0.25) is 0 Å². The normalized spacial score (nSPS) is 14.6. The van der Waals surface area contributed by atoms with Gasteiger partial charge in [-0.1, -0.05) is 18.2 Å². The maximum atomic E-state index is 12.4. The first-order chi connectivity index (χ1) is 13.2. The molecule has 2 aliphatic rings. The molecule has 27 heavy (non-hydrogen) atoms. The summed E-state index contributed by atoms with van der Waals surface area (Å²) in [4.78, 5) is 12.4. The number of carbonyl (C=O) groups excluding carboxylic acids is 1. The largest absolute Gasteiger partial charge is 0.329 e. The fourth-order valence-electron chi connectivity index (χ4n) is 3.98. The highest BCUT2D eigenvalue weighted by Gasteiger charge is 2.24. The molecule has 4 rings (SSSR count). The summed E-state index contributed by atoms with van der Waals surface area (Å²) >= 11 is 1.24. The quantitative estimate of drug-likeness (QED) is 0.741. The smallest absolute Gasteiger partial charge is 0.307 e. The van der Waals surface area contributed by atoms with Crippen LogP contribution in [0.15, 0.2) is 35.7 Å².